The fraction of sp³-hybridized carbons (Fsp3) is 0.462. The van der Waals surface area contributed by atoms with Crippen LogP contribution >= 0.6 is 26.6 Å². The lowest BCUT2D eigenvalue weighted by Gasteiger charge is -2.25. The fourth-order valence-electron chi connectivity index (χ4n) is 2.11. The Kier molecular flexibility index (Phi) is 5.09. The average Bonchev–Trinajstić information content (AvgIpc) is 2.30. The zero-order valence-electron chi connectivity index (χ0n) is 10.7. The molecule has 0 spiro atoms. The Labute approximate surface area is 131 Å². The van der Waals surface area contributed by atoms with E-state index in [1.807, 2.05) is 0 Å². The Bertz CT molecular complexity index is 614. The predicted octanol–water partition coefficient (Wildman–Crippen LogP) is 3.30. The minimum atomic E-state index is -3.85. The van der Waals surface area contributed by atoms with Gasteiger partial charge < -0.3 is 5.32 Å². The molecule has 4 nitrogen and oxygen atoms in total. The number of amides is 1. The molecule has 1 N–H and O–H groups in total. The van der Waals surface area contributed by atoms with Gasteiger partial charge in [-0.15, -0.1) is 0 Å². The lowest BCUT2D eigenvalue weighted by atomic mass is 9.83. The van der Waals surface area contributed by atoms with Crippen LogP contribution in [0.3, 0.4) is 0 Å². The van der Waals surface area contributed by atoms with Crippen LogP contribution in [0, 0.1) is 5.92 Å². The van der Waals surface area contributed by atoms with E-state index in [-0.39, 0.29) is 16.4 Å². The molecule has 1 saturated carbocycles. The molecule has 1 aromatic carbocycles. The summed E-state index contributed by atoms with van der Waals surface area (Å²) in [5, 5.41) is 2.81. The molecule has 1 fully saturated rings. The summed E-state index contributed by atoms with van der Waals surface area (Å²) in [4.78, 5) is 11.9. The zero-order chi connectivity index (χ0) is 14.8. The topological polar surface area (TPSA) is 63.2 Å². The number of halogens is 2. The van der Waals surface area contributed by atoms with Crippen LogP contribution in [-0.4, -0.2) is 20.9 Å². The molecule has 1 aromatic rings. The van der Waals surface area contributed by atoms with E-state index in [0.29, 0.717) is 11.0 Å². The maximum absolute atomic E-state index is 12.0. The van der Waals surface area contributed by atoms with Crippen molar-refractivity contribution in [1.82, 2.24) is 5.32 Å². The summed E-state index contributed by atoms with van der Waals surface area (Å²) >= 11 is 3.18. The zero-order valence-corrected chi connectivity index (χ0v) is 13.9. The number of hydrogen-bond donors (Lipinski definition) is 1. The molecular formula is C13H15BrClNO3S. The number of hydrogen-bond acceptors (Lipinski definition) is 3. The highest BCUT2D eigenvalue weighted by Crippen LogP contribution is 2.28. The minimum absolute atomic E-state index is 0.0855. The van der Waals surface area contributed by atoms with Gasteiger partial charge in [0.05, 0.1) is 4.90 Å². The second-order valence-corrected chi connectivity index (χ2v) is 8.44. The molecule has 1 amide bonds. The first-order chi connectivity index (χ1) is 9.36. The van der Waals surface area contributed by atoms with E-state index in [1.54, 1.807) is 6.07 Å². The monoisotopic (exact) mass is 379 g/mol. The first kappa shape index (κ1) is 15.8. The summed E-state index contributed by atoms with van der Waals surface area (Å²) < 4.78 is 23.1. The number of nitrogens with one attached hydrogen (secondary N) is 1. The van der Waals surface area contributed by atoms with E-state index >= 15 is 0 Å². The molecule has 110 valence electrons. The van der Waals surface area contributed by atoms with E-state index in [0.717, 1.165) is 12.3 Å². The quantitative estimate of drug-likeness (QED) is 0.797. The Morgan fingerprint density at radius 2 is 2.05 bits per heavy atom. The SMILES string of the molecule is O=C(NCCC1CCC1)c1cc(Br)cc(S(=O)(=O)Cl)c1. The number of carbonyl (C=O) groups excluding carboxylic acids is 1. The van der Waals surface area contributed by atoms with Crippen molar-refractivity contribution < 1.29 is 13.2 Å². The number of rotatable bonds is 5. The van der Waals surface area contributed by atoms with E-state index < -0.39 is 9.05 Å². The van der Waals surface area contributed by atoms with Crippen LogP contribution in [0.25, 0.3) is 0 Å². The standard InChI is InChI=1S/C13H15BrClNO3S/c14-11-6-10(7-12(8-11)20(15,18)19)13(17)16-5-4-9-2-1-3-9/h6-9H,1-5H2,(H,16,17). The van der Waals surface area contributed by atoms with Gasteiger partial charge in [-0.3, -0.25) is 4.79 Å². The smallest absolute Gasteiger partial charge is 0.261 e. The Morgan fingerprint density at radius 1 is 1.35 bits per heavy atom. The fourth-order valence-corrected chi connectivity index (χ4v) is 3.56. The average molecular weight is 381 g/mol. The molecule has 0 aliphatic heterocycles. The molecular weight excluding hydrogens is 366 g/mol. The summed E-state index contributed by atoms with van der Waals surface area (Å²) in [6, 6.07) is 4.23. The van der Waals surface area contributed by atoms with Gasteiger partial charge in [-0.25, -0.2) is 8.42 Å². The van der Waals surface area contributed by atoms with Crippen molar-refractivity contribution in [1.29, 1.82) is 0 Å². The van der Waals surface area contributed by atoms with Crippen molar-refractivity contribution in [2.75, 3.05) is 6.54 Å². The predicted molar refractivity (Wildman–Crippen MR) is 81.5 cm³/mol. The van der Waals surface area contributed by atoms with Crippen LogP contribution in [0.15, 0.2) is 27.6 Å². The lowest BCUT2D eigenvalue weighted by molar-refractivity contribution is 0.0948. The molecule has 0 aromatic heterocycles. The highest BCUT2D eigenvalue weighted by molar-refractivity contribution is 9.10. The van der Waals surface area contributed by atoms with Crippen LogP contribution < -0.4 is 5.32 Å². The van der Waals surface area contributed by atoms with Crippen molar-refractivity contribution in [2.24, 2.45) is 5.92 Å². The van der Waals surface area contributed by atoms with Crippen molar-refractivity contribution in [3.05, 3.63) is 28.2 Å². The summed E-state index contributed by atoms with van der Waals surface area (Å²) in [7, 11) is 1.45. The van der Waals surface area contributed by atoms with Crippen molar-refractivity contribution >= 4 is 41.6 Å². The van der Waals surface area contributed by atoms with Crippen LogP contribution in [-0.2, 0) is 9.05 Å². The minimum Gasteiger partial charge on any atom is -0.352 e. The Hall–Kier alpha value is -0.590. The van der Waals surface area contributed by atoms with Gasteiger partial charge in [0.15, 0.2) is 0 Å². The van der Waals surface area contributed by atoms with Gasteiger partial charge in [0.2, 0.25) is 0 Å². The molecule has 2 rings (SSSR count). The molecule has 1 aliphatic rings. The van der Waals surface area contributed by atoms with Crippen LogP contribution in [0.1, 0.15) is 36.0 Å². The van der Waals surface area contributed by atoms with Gasteiger partial charge in [-0.1, -0.05) is 35.2 Å². The van der Waals surface area contributed by atoms with Crippen LogP contribution in [0.5, 0.6) is 0 Å². The Morgan fingerprint density at radius 3 is 2.60 bits per heavy atom. The van der Waals surface area contributed by atoms with E-state index in [9.17, 15) is 13.2 Å². The molecule has 0 unspecified atom stereocenters. The molecule has 20 heavy (non-hydrogen) atoms. The third-order valence-corrected chi connectivity index (χ3v) is 5.27. The van der Waals surface area contributed by atoms with Gasteiger partial charge in [0.25, 0.3) is 15.0 Å². The summed E-state index contributed by atoms with van der Waals surface area (Å²) in [6.07, 6.45) is 4.73. The maximum atomic E-state index is 12.0. The first-order valence-corrected chi connectivity index (χ1v) is 9.50. The van der Waals surface area contributed by atoms with Gasteiger partial charge in [0.1, 0.15) is 0 Å². The normalized spacial score (nSPS) is 15.7. The van der Waals surface area contributed by atoms with E-state index in [2.05, 4.69) is 21.2 Å². The van der Waals surface area contributed by atoms with Crippen molar-refractivity contribution in [3.8, 4) is 0 Å². The summed E-state index contributed by atoms with van der Waals surface area (Å²) in [6.45, 7) is 0.610. The second kappa shape index (κ2) is 6.45. The molecule has 0 heterocycles. The van der Waals surface area contributed by atoms with Crippen molar-refractivity contribution in [3.63, 3.8) is 0 Å². The van der Waals surface area contributed by atoms with Crippen LogP contribution in [0.2, 0.25) is 0 Å². The molecule has 0 saturated heterocycles. The summed E-state index contributed by atoms with van der Waals surface area (Å²) in [5.41, 5.74) is 0.284. The molecule has 0 radical (unpaired) electrons. The van der Waals surface area contributed by atoms with Gasteiger partial charge in [-0.05, 0) is 30.5 Å². The second-order valence-electron chi connectivity index (χ2n) is 4.95. The number of benzene rings is 1. The van der Waals surface area contributed by atoms with Gasteiger partial charge >= 0.3 is 0 Å². The third kappa shape index (κ3) is 4.20. The Balaban J connectivity index is 2.03. The van der Waals surface area contributed by atoms with Crippen molar-refractivity contribution in [2.45, 2.75) is 30.6 Å². The highest BCUT2D eigenvalue weighted by atomic mass is 79.9. The molecule has 0 atom stereocenters. The molecule has 0 bridgehead atoms. The highest BCUT2D eigenvalue weighted by Gasteiger charge is 2.18. The molecule has 7 heteroatoms. The first-order valence-electron chi connectivity index (χ1n) is 6.40. The molecule has 1 aliphatic carbocycles. The van der Waals surface area contributed by atoms with E-state index in [1.165, 1.54) is 31.4 Å². The van der Waals surface area contributed by atoms with Gasteiger partial charge in [0, 0.05) is 27.3 Å². The van der Waals surface area contributed by atoms with Gasteiger partial charge in [-0.2, -0.15) is 0 Å². The van der Waals surface area contributed by atoms with E-state index in [4.69, 9.17) is 10.7 Å². The summed E-state index contributed by atoms with van der Waals surface area (Å²) in [5.74, 6) is 0.434. The maximum Gasteiger partial charge on any atom is 0.261 e. The van der Waals surface area contributed by atoms with Crippen LogP contribution in [0.4, 0.5) is 0 Å². The largest absolute Gasteiger partial charge is 0.352 e. The third-order valence-electron chi connectivity index (χ3n) is 3.48. The number of carbonyl (C=O) groups is 1. The lowest BCUT2D eigenvalue weighted by Crippen LogP contribution is -2.27.